The minimum absolute atomic E-state index is 0.164. The molecule has 1 aliphatic carbocycles. The summed E-state index contributed by atoms with van der Waals surface area (Å²) in [6.07, 6.45) is 6.91. The van der Waals surface area contributed by atoms with E-state index >= 15 is 0 Å². The van der Waals surface area contributed by atoms with Crippen LogP contribution in [0.4, 0.5) is 0 Å². The summed E-state index contributed by atoms with van der Waals surface area (Å²) in [6.45, 7) is 6.50. The Bertz CT molecular complexity index is 759. The number of nitrogens with zero attached hydrogens (tertiary/aromatic N) is 3. The van der Waals surface area contributed by atoms with Crippen molar-refractivity contribution in [1.82, 2.24) is 14.5 Å². The van der Waals surface area contributed by atoms with Crippen molar-refractivity contribution in [1.29, 1.82) is 0 Å². The summed E-state index contributed by atoms with van der Waals surface area (Å²) in [5.74, 6) is 0.643. The average molecular weight is 339 g/mol. The number of carbonyl (C=O) groups is 1. The number of aromatic nitrogens is 2. The van der Waals surface area contributed by atoms with Crippen LogP contribution in [-0.4, -0.2) is 46.2 Å². The molecule has 5 heteroatoms. The third kappa shape index (κ3) is 3.21. The molecule has 1 saturated heterocycles. The summed E-state index contributed by atoms with van der Waals surface area (Å²) in [5, 5.41) is 0. The zero-order valence-corrected chi connectivity index (χ0v) is 14.9. The van der Waals surface area contributed by atoms with Crippen molar-refractivity contribution in [3.8, 4) is 5.69 Å². The van der Waals surface area contributed by atoms with Gasteiger partial charge >= 0.3 is 0 Å². The van der Waals surface area contributed by atoms with Crippen molar-refractivity contribution < 1.29 is 9.53 Å². The second-order valence-corrected chi connectivity index (χ2v) is 7.25. The highest BCUT2D eigenvalue weighted by Crippen LogP contribution is 2.32. The smallest absolute Gasteiger partial charge is 0.255 e. The standard InChI is InChI=1S/C20H25N3O2/c1-14-10-19(15(2)23(14)18-4-3-8-21-11-18)20(24)22(17-5-6-17)12-16-7-9-25-13-16/h3-4,8,10-11,16-17H,5-7,9,12-13H2,1-2H3. The van der Waals surface area contributed by atoms with Gasteiger partial charge in [0.15, 0.2) is 0 Å². The molecule has 0 N–H and O–H groups in total. The van der Waals surface area contributed by atoms with E-state index < -0.39 is 0 Å². The van der Waals surface area contributed by atoms with Crippen LogP contribution < -0.4 is 0 Å². The Hall–Kier alpha value is -2.14. The number of hydrogen-bond acceptors (Lipinski definition) is 3. The zero-order chi connectivity index (χ0) is 17.4. The van der Waals surface area contributed by atoms with Crippen LogP contribution in [0.3, 0.4) is 0 Å². The lowest BCUT2D eigenvalue weighted by molar-refractivity contribution is 0.0705. The fraction of sp³-hybridized carbons (Fsp3) is 0.500. The highest BCUT2D eigenvalue weighted by molar-refractivity contribution is 5.96. The first-order valence-corrected chi connectivity index (χ1v) is 9.13. The van der Waals surface area contributed by atoms with Gasteiger partial charge in [-0.25, -0.2) is 0 Å². The second kappa shape index (κ2) is 6.64. The minimum atomic E-state index is 0.164. The Morgan fingerprint density at radius 3 is 2.84 bits per heavy atom. The van der Waals surface area contributed by atoms with Gasteiger partial charge in [0.05, 0.1) is 24.1 Å². The van der Waals surface area contributed by atoms with E-state index in [1.165, 1.54) is 0 Å². The number of amides is 1. The normalized spacial score (nSPS) is 20.0. The van der Waals surface area contributed by atoms with Gasteiger partial charge in [0.25, 0.3) is 5.91 Å². The van der Waals surface area contributed by atoms with Crippen molar-refractivity contribution in [2.75, 3.05) is 19.8 Å². The Kier molecular flexibility index (Phi) is 4.34. The maximum atomic E-state index is 13.3. The number of hydrogen-bond donors (Lipinski definition) is 0. The SMILES string of the molecule is Cc1cc(C(=O)N(CC2CCOC2)C2CC2)c(C)n1-c1cccnc1. The molecule has 0 radical (unpaired) electrons. The number of aryl methyl sites for hydroxylation is 1. The lowest BCUT2D eigenvalue weighted by atomic mass is 10.1. The highest BCUT2D eigenvalue weighted by atomic mass is 16.5. The van der Waals surface area contributed by atoms with Crippen molar-refractivity contribution >= 4 is 5.91 Å². The molecular weight excluding hydrogens is 314 g/mol. The van der Waals surface area contributed by atoms with E-state index in [4.69, 9.17) is 4.74 Å². The predicted molar refractivity (Wildman–Crippen MR) is 96.0 cm³/mol. The number of rotatable bonds is 5. The van der Waals surface area contributed by atoms with Crippen LogP contribution in [0.5, 0.6) is 0 Å². The van der Waals surface area contributed by atoms with Crippen molar-refractivity contribution in [3.63, 3.8) is 0 Å². The van der Waals surface area contributed by atoms with Crippen LogP contribution >= 0.6 is 0 Å². The molecule has 1 atom stereocenters. The number of carbonyl (C=O) groups excluding carboxylic acids is 1. The van der Waals surface area contributed by atoms with E-state index in [1.807, 2.05) is 38.2 Å². The second-order valence-electron chi connectivity index (χ2n) is 7.25. The lowest BCUT2D eigenvalue weighted by Gasteiger charge is -2.25. The number of pyridine rings is 1. The molecule has 25 heavy (non-hydrogen) atoms. The molecule has 1 saturated carbocycles. The molecule has 0 bridgehead atoms. The first kappa shape index (κ1) is 16.3. The molecule has 1 aliphatic heterocycles. The summed E-state index contributed by atoms with van der Waals surface area (Å²) < 4.78 is 7.61. The fourth-order valence-corrected chi connectivity index (χ4v) is 3.81. The van der Waals surface area contributed by atoms with Gasteiger partial charge in [0.2, 0.25) is 0 Å². The van der Waals surface area contributed by atoms with Gasteiger partial charge in [-0.1, -0.05) is 0 Å². The Morgan fingerprint density at radius 1 is 1.36 bits per heavy atom. The Morgan fingerprint density at radius 2 is 2.20 bits per heavy atom. The zero-order valence-electron chi connectivity index (χ0n) is 14.9. The molecule has 0 spiro atoms. The Balaban J connectivity index is 1.63. The van der Waals surface area contributed by atoms with Crippen molar-refractivity contribution in [2.24, 2.45) is 5.92 Å². The topological polar surface area (TPSA) is 47.4 Å². The van der Waals surface area contributed by atoms with Crippen LogP contribution in [0, 0.1) is 19.8 Å². The predicted octanol–water partition coefficient (Wildman–Crippen LogP) is 3.13. The quantitative estimate of drug-likeness (QED) is 0.841. The molecule has 3 heterocycles. The van der Waals surface area contributed by atoms with Gasteiger partial charge in [0.1, 0.15) is 0 Å². The largest absolute Gasteiger partial charge is 0.381 e. The summed E-state index contributed by atoms with van der Waals surface area (Å²) in [7, 11) is 0. The van der Waals surface area contributed by atoms with Crippen LogP contribution in [0.15, 0.2) is 30.6 Å². The molecule has 2 fully saturated rings. The monoisotopic (exact) mass is 339 g/mol. The maximum absolute atomic E-state index is 13.3. The molecule has 2 aromatic heterocycles. The third-order valence-electron chi connectivity index (χ3n) is 5.29. The lowest BCUT2D eigenvalue weighted by Crippen LogP contribution is -2.37. The molecule has 2 aromatic rings. The van der Waals surface area contributed by atoms with Gasteiger partial charge in [-0.2, -0.15) is 0 Å². The maximum Gasteiger partial charge on any atom is 0.255 e. The van der Waals surface area contributed by atoms with Crippen molar-refractivity contribution in [2.45, 2.75) is 39.2 Å². The molecule has 1 amide bonds. The van der Waals surface area contributed by atoms with E-state index in [0.717, 1.165) is 61.7 Å². The molecule has 2 aliphatic rings. The summed E-state index contributed by atoms with van der Waals surface area (Å²) in [4.78, 5) is 19.6. The van der Waals surface area contributed by atoms with Gasteiger partial charge in [-0.05, 0) is 51.3 Å². The summed E-state index contributed by atoms with van der Waals surface area (Å²) >= 11 is 0. The minimum Gasteiger partial charge on any atom is -0.381 e. The van der Waals surface area contributed by atoms with Gasteiger partial charge in [-0.15, -0.1) is 0 Å². The van der Waals surface area contributed by atoms with Gasteiger partial charge in [-0.3, -0.25) is 9.78 Å². The van der Waals surface area contributed by atoms with Gasteiger partial charge < -0.3 is 14.2 Å². The molecule has 0 aromatic carbocycles. The first-order valence-electron chi connectivity index (χ1n) is 9.13. The third-order valence-corrected chi connectivity index (χ3v) is 5.29. The van der Waals surface area contributed by atoms with Crippen LogP contribution in [0.1, 0.15) is 41.0 Å². The van der Waals surface area contributed by atoms with Crippen LogP contribution in [-0.2, 0) is 4.74 Å². The summed E-state index contributed by atoms with van der Waals surface area (Å²) in [5.41, 5.74) is 3.86. The van der Waals surface area contributed by atoms with Crippen LogP contribution in [0.25, 0.3) is 5.69 Å². The van der Waals surface area contributed by atoms with Crippen LogP contribution in [0.2, 0.25) is 0 Å². The Labute approximate surface area is 148 Å². The molecule has 5 nitrogen and oxygen atoms in total. The van der Waals surface area contributed by atoms with E-state index in [2.05, 4.69) is 14.5 Å². The molecule has 132 valence electrons. The molecular formula is C20H25N3O2. The van der Waals surface area contributed by atoms with E-state index in [1.54, 1.807) is 6.20 Å². The molecule has 1 unspecified atom stereocenters. The van der Waals surface area contributed by atoms with Crippen molar-refractivity contribution in [3.05, 3.63) is 47.5 Å². The summed E-state index contributed by atoms with van der Waals surface area (Å²) in [6, 6.07) is 6.38. The number of ether oxygens (including phenoxy) is 1. The fourth-order valence-electron chi connectivity index (χ4n) is 3.81. The average Bonchev–Trinajstić information content (AvgIpc) is 3.24. The molecule has 4 rings (SSSR count). The van der Waals surface area contributed by atoms with E-state index in [9.17, 15) is 4.79 Å². The first-order chi connectivity index (χ1) is 12.1. The van der Waals surface area contributed by atoms with Gasteiger partial charge in [0, 0.05) is 42.7 Å². The highest BCUT2D eigenvalue weighted by Gasteiger charge is 2.36. The van der Waals surface area contributed by atoms with E-state index in [0.29, 0.717) is 12.0 Å². The van der Waals surface area contributed by atoms with E-state index in [-0.39, 0.29) is 5.91 Å².